The molecule has 0 amide bonds. The van der Waals surface area contributed by atoms with Crippen LogP contribution in [0.5, 0.6) is 0 Å². The summed E-state index contributed by atoms with van der Waals surface area (Å²) in [6.07, 6.45) is 34.8. The molecule has 9 aromatic carbocycles. The van der Waals surface area contributed by atoms with E-state index < -0.39 is 0 Å². The van der Waals surface area contributed by atoms with Crippen molar-refractivity contribution in [3.8, 4) is 156 Å². The second-order valence-corrected chi connectivity index (χ2v) is 32.1. The average Bonchev–Trinajstić information content (AvgIpc) is 0.855. The molecule has 12 heterocycles. The van der Waals surface area contributed by atoms with Crippen molar-refractivity contribution >= 4 is 0 Å². The fraction of sp³-hybridized carbons (Fsp3) is 0.0579. The third kappa shape index (κ3) is 26.5. The van der Waals surface area contributed by atoms with Crippen molar-refractivity contribution in [2.45, 2.75) is 48.5 Å². The predicted molar refractivity (Wildman–Crippen MR) is 548 cm³/mol. The fourth-order valence-electron chi connectivity index (χ4n) is 15.4. The van der Waals surface area contributed by atoms with Gasteiger partial charge in [-0.1, -0.05) is 176 Å². The molecule has 0 spiro atoms. The van der Waals surface area contributed by atoms with Crippen molar-refractivity contribution in [3.63, 3.8) is 0 Å². The highest BCUT2D eigenvalue weighted by molar-refractivity contribution is 5.80. The summed E-state index contributed by atoms with van der Waals surface area (Å²) in [7, 11) is 0. The summed E-state index contributed by atoms with van der Waals surface area (Å²) in [6.45, 7) is 14.8. The van der Waals surface area contributed by atoms with Crippen LogP contribution < -0.4 is 0 Å². The summed E-state index contributed by atoms with van der Waals surface area (Å²) in [4.78, 5) is 51.1. The molecule has 0 aliphatic rings. The van der Waals surface area contributed by atoms with Crippen LogP contribution in [0.3, 0.4) is 0 Å². The minimum atomic E-state index is 0.989. The SMILES string of the molecule is Cc1cc(-c2ccccc2)cc(-c2ccccn2)c1.Cc1cc(-c2ccccc2)cc(-c2cccnc2)c1.Cc1cc(-c2ccccn2)cc(-c2ccccn2)c1.Cc1cc(-c2cccnc2)cc(-c2ccccn2)c1.Cc1cc(-c2cccnc2)cc(-c2cccnc2)c1.Cc1cc(-c2ccncc2)cc(-c2ccccn2)c1.Cc1cc(-c2ccncc2)cc(-c2cccnc2)c1. The molecule has 21 rings (SSSR count). The van der Waals surface area contributed by atoms with Crippen molar-refractivity contribution < 1.29 is 0 Å². The molecule has 0 unspecified atom stereocenters. The summed E-state index contributed by atoms with van der Waals surface area (Å²) in [6, 6.07) is 125. The number of aromatic nitrogens is 12. The van der Waals surface area contributed by atoms with E-state index in [-0.39, 0.29) is 0 Å². The van der Waals surface area contributed by atoms with E-state index in [2.05, 4.69) is 315 Å². The number of hydrogen-bond donors (Lipinski definition) is 0. The molecule has 0 aliphatic heterocycles. The number of benzene rings is 9. The monoisotopic (exact) mass is 1720 g/mol. The van der Waals surface area contributed by atoms with Crippen LogP contribution in [0.2, 0.25) is 0 Å². The van der Waals surface area contributed by atoms with Crippen LogP contribution in [-0.4, -0.2) is 59.8 Å². The minimum absolute atomic E-state index is 0.989. The van der Waals surface area contributed by atoms with Gasteiger partial charge in [-0.2, -0.15) is 0 Å². The molecule has 644 valence electrons. The van der Waals surface area contributed by atoms with Crippen molar-refractivity contribution in [1.82, 2.24) is 59.8 Å². The van der Waals surface area contributed by atoms with Gasteiger partial charge in [0, 0.05) is 173 Å². The molecule has 0 aliphatic carbocycles. The average molecular weight is 1720 g/mol. The molecule has 0 atom stereocenters. The summed E-state index contributed by atoms with van der Waals surface area (Å²) in [5.74, 6) is 0. The van der Waals surface area contributed by atoms with Crippen LogP contribution in [0.4, 0.5) is 0 Å². The molecular formula is C121H100N12. The van der Waals surface area contributed by atoms with Gasteiger partial charge in [-0.15, -0.1) is 0 Å². The number of pyridine rings is 12. The molecule has 12 heteroatoms. The largest absolute Gasteiger partial charge is 0.265 e. The molecule has 0 saturated heterocycles. The quantitative estimate of drug-likeness (QED) is 0.102. The lowest BCUT2D eigenvalue weighted by Gasteiger charge is -2.08. The number of hydrogen-bond acceptors (Lipinski definition) is 12. The van der Waals surface area contributed by atoms with Crippen LogP contribution in [0, 0.1) is 48.5 Å². The predicted octanol–water partition coefficient (Wildman–Crippen LogP) is 30.0. The van der Waals surface area contributed by atoms with Gasteiger partial charge in [0.25, 0.3) is 0 Å². The van der Waals surface area contributed by atoms with Gasteiger partial charge < -0.3 is 0 Å². The highest BCUT2D eigenvalue weighted by Gasteiger charge is 2.13. The maximum Gasteiger partial charge on any atom is 0.0702 e. The van der Waals surface area contributed by atoms with E-state index >= 15 is 0 Å². The summed E-state index contributed by atoms with van der Waals surface area (Å²) in [5, 5.41) is 0. The summed E-state index contributed by atoms with van der Waals surface area (Å²) < 4.78 is 0. The Morgan fingerprint density at radius 3 is 0.466 bits per heavy atom. The Balaban J connectivity index is 0.000000118. The minimum Gasteiger partial charge on any atom is -0.265 e. The normalized spacial score (nSPS) is 10.4. The lowest BCUT2D eigenvalue weighted by atomic mass is 9.97. The Labute approximate surface area is 780 Å². The first-order valence-corrected chi connectivity index (χ1v) is 44.1. The van der Waals surface area contributed by atoms with Crippen LogP contribution in [0.1, 0.15) is 38.9 Å². The zero-order valence-electron chi connectivity index (χ0n) is 75.5. The van der Waals surface area contributed by atoms with Crippen molar-refractivity contribution in [2.24, 2.45) is 0 Å². The van der Waals surface area contributed by atoms with Crippen molar-refractivity contribution in [3.05, 3.63) is 521 Å². The second-order valence-electron chi connectivity index (χ2n) is 32.1. The Hall–Kier alpha value is -17.2. The number of nitrogens with zero attached hydrogens (tertiary/aromatic N) is 12. The standard InChI is InChI=1S/2C18H15N.5C17H14N2/c1-14-11-16(15-7-3-2-4-8-15)13-17(12-14)18-9-5-6-10-19-18;1-14-10-17(15-6-3-2-4-7-15)12-18(11-14)16-8-5-9-19-13-16;1-13-8-16(14-4-2-6-18-11-14)10-17(9-13)15-5-3-7-19-12-15;1-13-10-14(16-6-2-4-8-18-16)12-15(11-13)17-7-3-5-9-19-17;1-13-9-16(14-4-7-18-8-5-14)11-17(10-13)15-3-2-6-19-12-15;1-13-9-15(14-5-4-7-18-12-14)11-16(10-13)17-6-2-3-8-19-17;1-13-10-15(14-5-8-18-9-6-14)12-16(11-13)17-4-2-3-7-19-17/h2*2-13H,1H3;5*2-12H,1H3. The third-order valence-corrected chi connectivity index (χ3v) is 21.6. The zero-order valence-corrected chi connectivity index (χ0v) is 75.5. The Kier molecular flexibility index (Phi) is 31.7. The van der Waals surface area contributed by atoms with E-state index in [0.717, 1.165) is 78.5 Å². The first-order valence-electron chi connectivity index (χ1n) is 44.1. The second kappa shape index (κ2) is 46.5. The van der Waals surface area contributed by atoms with Crippen LogP contribution in [-0.2, 0) is 0 Å². The lowest BCUT2D eigenvalue weighted by Crippen LogP contribution is -1.87. The van der Waals surface area contributed by atoms with E-state index in [4.69, 9.17) is 0 Å². The summed E-state index contributed by atoms with van der Waals surface area (Å²) in [5.41, 5.74) is 40.8. The molecule has 0 N–H and O–H groups in total. The van der Waals surface area contributed by atoms with E-state index in [0.29, 0.717) is 0 Å². The van der Waals surface area contributed by atoms with Gasteiger partial charge in [0.15, 0.2) is 0 Å². The van der Waals surface area contributed by atoms with Gasteiger partial charge >= 0.3 is 0 Å². The van der Waals surface area contributed by atoms with Gasteiger partial charge in [-0.3, -0.25) is 59.8 Å². The first-order chi connectivity index (χ1) is 65.3. The number of rotatable bonds is 14. The maximum atomic E-state index is 4.42. The molecule has 0 bridgehead atoms. The lowest BCUT2D eigenvalue weighted by molar-refractivity contribution is 1.30. The van der Waals surface area contributed by atoms with Gasteiger partial charge in [-0.25, -0.2) is 0 Å². The van der Waals surface area contributed by atoms with Gasteiger partial charge in [0.1, 0.15) is 0 Å². The first kappa shape index (κ1) is 90.6. The molecule has 12 aromatic heterocycles. The van der Waals surface area contributed by atoms with Gasteiger partial charge in [0.2, 0.25) is 0 Å². The topological polar surface area (TPSA) is 155 Å². The fourth-order valence-corrected chi connectivity index (χ4v) is 15.4. The van der Waals surface area contributed by atoms with Gasteiger partial charge in [-0.05, 0) is 348 Å². The molecule has 133 heavy (non-hydrogen) atoms. The molecule has 0 radical (unpaired) electrons. The molecule has 12 nitrogen and oxygen atoms in total. The molecule has 21 aromatic rings. The molecule has 0 fully saturated rings. The summed E-state index contributed by atoms with van der Waals surface area (Å²) >= 11 is 0. The van der Waals surface area contributed by atoms with E-state index in [1.807, 2.05) is 244 Å². The van der Waals surface area contributed by atoms with Crippen molar-refractivity contribution in [2.75, 3.05) is 0 Å². The Morgan fingerprint density at radius 2 is 0.278 bits per heavy atom. The van der Waals surface area contributed by atoms with Crippen LogP contribution in [0.25, 0.3) is 156 Å². The van der Waals surface area contributed by atoms with Gasteiger partial charge in [0.05, 0.1) is 28.5 Å². The zero-order chi connectivity index (χ0) is 91.6. The van der Waals surface area contributed by atoms with E-state index in [9.17, 15) is 0 Å². The highest BCUT2D eigenvalue weighted by atomic mass is 14.7. The van der Waals surface area contributed by atoms with E-state index in [1.54, 1.807) is 31.0 Å². The third-order valence-electron chi connectivity index (χ3n) is 21.6. The van der Waals surface area contributed by atoms with E-state index in [1.165, 1.54) is 117 Å². The Morgan fingerprint density at radius 1 is 0.113 bits per heavy atom. The van der Waals surface area contributed by atoms with Crippen LogP contribution in [0.15, 0.2) is 482 Å². The molecule has 0 saturated carbocycles. The smallest absolute Gasteiger partial charge is 0.0702 e. The maximum absolute atomic E-state index is 4.42. The van der Waals surface area contributed by atoms with Crippen molar-refractivity contribution in [1.29, 1.82) is 0 Å². The highest BCUT2D eigenvalue weighted by Crippen LogP contribution is 2.35. The Bertz CT molecular complexity index is 5550. The number of aryl methyl sites for hydroxylation is 7. The molecular weight excluding hydrogens is 1620 g/mol. The van der Waals surface area contributed by atoms with Crippen LogP contribution >= 0.6 is 0 Å².